The summed E-state index contributed by atoms with van der Waals surface area (Å²) in [6.45, 7) is 11.0. The number of nitrogens with zero attached hydrogens (tertiary/aromatic N) is 1. The molecule has 0 bridgehead atoms. The monoisotopic (exact) mass is 264 g/mol. The Morgan fingerprint density at radius 2 is 2.00 bits per heavy atom. The van der Waals surface area contributed by atoms with Crippen molar-refractivity contribution in [2.24, 2.45) is 17.3 Å². The molecule has 0 aromatic carbocycles. The molecule has 2 saturated carbocycles. The summed E-state index contributed by atoms with van der Waals surface area (Å²) in [6, 6.07) is 1.51. The minimum atomic E-state index is 0.725. The Morgan fingerprint density at radius 3 is 2.53 bits per heavy atom. The summed E-state index contributed by atoms with van der Waals surface area (Å²) in [6.07, 6.45) is 8.70. The molecule has 1 heterocycles. The van der Waals surface area contributed by atoms with Crippen molar-refractivity contribution in [3.63, 3.8) is 0 Å². The molecule has 19 heavy (non-hydrogen) atoms. The van der Waals surface area contributed by atoms with Crippen LogP contribution >= 0.6 is 0 Å². The Kier molecular flexibility index (Phi) is 3.92. The number of hydrogen-bond donors (Lipinski definition) is 1. The van der Waals surface area contributed by atoms with Crippen molar-refractivity contribution in [1.29, 1.82) is 0 Å². The van der Waals surface area contributed by atoms with Gasteiger partial charge in [0.15, 0.2) is 0 Å². The average Bonchev–Trinajstić information content (AvgIpc) is 3.29. The second-order valence-corrected chi connectivity index (χ2v) is 7.53. The van der Waals surface area contributed by atoms with E-state index >= 15 is 0 Å². The minimum absolute atomic E-state index is 0.725. The molecule has 3 aliphatic rings. The zero-order chi connectivity index (χ0) is 13.5. The Bertz CT molecular complexity index is 306. The van der Waals surface area contributed by atoms with Gasteiger partial charge in [-0.3, -0.25) is 4.90 Å². The van der Waals surface area contributed by atoms with E-state index in [1.54, 1.807) is 0 Å². The molecule has 2 aliphatic carbocycles. The molecule has 1 saturated heterocycles. The van der Waals surface area contributed by atoms with E-state index in [0.29, 0.717) is 0 Å². The van der Waals surface area contributed by atoms with Gasteiger partial charge in [0.2, 0.25) is 0 Å². The third-order valence-corrected chi connectivity index (χ3v) is 6.22. The molecule has 2 nitrogen and oxygen atoms in total. The van der Waals surface area contributed by atoms with Crippen LogP contribution in [0.15, 0.2) is 0 Å². The highest BCUT2D eigenvalue weighted by atomic mass is 15.2. The van der Waals surface area contributed by atoms with Gasteiger partial charge in [-0.1, -0.05) is 27.2 Å². The van der Waals surface area contributed by atoms with Crippen molar-refractivity contribution in [3.05, 3.63) is 0 Å². The first-order valence-electron chi connectivity index (χ1n) is 8.66. The van der Waals surface area contributed by atoms with Crippen molar-refractivity contribution in [3.8, 4) is 0 Å². The maximum absolute atomic E-state index is 3.81. The van der Waals surface area contributed by atoms with E-state index in [1.807, 2.05) is 0 Å². The van der Waals surface area contributed by atoms with Gasteiger partial charge in [0.05, 0.1) is 0 Å². The van der Waals surface area contributed by atoms with Crippen molar-refractivity contribution < 1.29 is 0 Å². The van der Waals surface area contributed by atoms with E-state index in [2.05, 4.69) is 31.0 Å². The number of hydrogen-bond acceptors (Lipinski definition) is 2. The number of rotatable bonds is 6. The van der Waals surface area contributed by atoms with Crippen LogP contribution in [0, 0.1) is 17.3 Å². The van der Waals surface area contributed by atoms with Crippen LogP contribution in [0.1, 0.15) is 59.3 Å². The van der Waals surface area contributed by atoms with Gasteiger partial charge in [-0.05, 0) is 49.4 Å². The van der Waals surface area contributed by atoms with Crippen LogP contribution in [0.25, 0.3) is 0 Å². The van der Waals surface area contributed by atoms with E-state index in [1.165, 1.54) is 58.2 Å². The minimum Gasteiger partial charge on any atom is -0.311 e. The fraction of sp³-hybridized carbons (Fsp3) is 1.00. The zero-order valence-electron chi connectivity index (χ0n) is 13.1. The molecule has 0 radical (unpaired) electrons. The van der Waals surface area contributed by atoms with Gasteiger partial charge >= 0.3 is 0 Å². The third-order valence-electron chi connectivity index (χ3n) is 6.22. The number of piperazine rings is 1. The van der Waals surface area contributed by atoms with Crippen molar-refractivity contribution >= 4 is 0 Å². The summed E-state index contributed by atoms with van der Waals surface area (Å²) in [4.78, 5) is 2.86. The van der Waals surface area contributed by atoms with Gasteiger partial charge in [-0.2, -0.15) is 0 Å². The van der Waals surface area contributed by atoms with E-state index in [-0.39, 0.29) is 0 Å². The lowest BCUT2D eigenvalue weighted by atomic mass is 9.92. The molecule has 0 aromatic heterocycles. The molecule has 3 unspecified atom stereocenters. The lowest BCUT2D eigenvalue weighted by molar-refractivity contribution is 0.0795. The Hall–Kier alpha value is -0.0800. The van der Waals surface area contributed by atoms with Gasteiger partial charge in [-0.25, -0.2) is 0 Å². The zero-order valence-corrected chi connectivity index (χ0v) is 13.1. The first-order valence-corrected chi connectivity index (χ1v) is 8.66. The Morgan fingerprint density at radius 1 is 1.26 bits per heavy atom. The summed E-state index contributed by atoms with van der Waals surface area (Å²) in [5, 5.41) is 3.81. The van der Waals surface area contributed by atoms with Gasteiger partial charge in [0.1, 0.15) is 0 Å². The maximum Gasteiger partial charge on any atom is 0.0221 e. The molecule has 1 N–H and O–H groups in total. The van der Waals surface area contributed by atoms with E-state index < -0.39 is 0 Å². The van der Waals surface area contributed by atoms with Crippen molar-refractivity contribution in [1.82, 2.24) is 10.2 Å². The Balaban J connectivity index is 1.62. The summed E-state index contributed by atoms with van der Waals surface area (Å²) in [5.41, 5.74) is 0.769. The van der Waals surface area contributed by atoms with Crippen molar-refractivity contribution in [2.45, 2.75) is 71.4 Å². The molecule has 3 fully saturated rings. The predicted octanol–water partition coefficient (Wildman–Crippen LogP) is 3.28. The van der Waals surface area contributed by atoms with E-state index in [0.717, 1.165) is 29.3 Å². The largest absolute Gasteiger partial charge is 0.311 e. The average molecular weight is 264 g/mol. The van der Waals surface area contributed by atoms with Crippen LogP contribution in [-0.2, 0) is 0 Å². The van der Waals surface area contributed by atoms with Gasteiger partial charge in [0, 0.05) is 31.7 Å². The highest BCUT2D eigenvalue weighted by molar-refractivity contribution is 5.06. The summed E-state index contributed by atoms with van der Waals surface area (Å²) >= 11 is 0. The summed E-state index contributed by atoms with van der Waals surface area (Å²) in [7, 11) is 0. The van der Waals surface area contributed by atoms with Crippen LogP contribution in [0.5, 0.6) is 0 Å². The molecule has 2 heteroatoms. The first kappa shape index (κ1) is 13.9. The molecule has 3 rings (SSSR count). The Labute approximate surface area is 119 Å². The van der Waals surface area contributed by atoms with Crippen LogP contribution < -0.4 is 5.32 Å². The normalized spacial score (nSPS) is 36.2. The van der Waals surface area contributed by atoms with Gasteiger partial charge in [-0.15, -0.1) is 0 Å². The maximum atomic E-state index is 3.81. The molecular weight excluding hydrogens is 232 g/mol. The van der Waals surface area contributed by atoms with Gasteiger partial charge in [0.25, 0.3) is 0 Å². The number of nitrogens with one attached hydrogen (secondary N) is 1. The highest BCUT2D eigenvalue weighted by Crippen LogP contribution is 2.61. The highest BCUT2D eigenvalue weighted by Gasteiger charge is 2.54. The standard InChI is InChI=1S/C17H32N2/c1-4-13(3)16-11-19(15(5-2)10-18-16)12-17(8-9-17)14-6-7-14/h13-16,18H,4-12H2,1-3H3. The van der Waals surface area contributed by atoms with E-state index in [4.69, 9.17) is 0 Å². The molecule has 0 amide bonds. The summed E-state index contributed by atoms with van der Waals surface area (Å²) in [5.74, 6) is 1.92. The smallest absolute Gasteiger partial charge is 0.0221 e. The van der Waals surface area contributed by atoms with E-state index in [9.17, 15) is 0 Å². The van der Waals surface area contributed by atoms with Crippen molar-refractivity contribution in [2.75, 3.05) is 19.6 Å². The van der Waals surface area contributed by atoms with Gasteiger partial charge < -0.3 is 5.32 Å². The fourth-order valence-corrected chi connectivity index (χ4v) is 4.10. The lowest BCUT2D eigenvalue weighted by Gasteiger charge is -2.43. The van der Waals surface area contributed by atoms with Crippen LogP contribution in [0.3, 0.4) is 0 Å². The van der Waals surface area contributed by atoms with Crippen LogP contribution in [-0.4, -0.2) is 36.6 Å². The quantitative estimate of drug-likeness (QED) is 0.792. The predicted molar refractivity (Wildman–Crippen MR) is 81.3 cm³/mol. The molecule has 1 aliphatic heterocycles. The summed E-state index contributed by atoms with van der Waals surface area (Å²) < 4.78 is 0. The third kappa shape index (κ3) is 2.85. The molecule has 0 spiro atoms. The molecule has 110 valence electrons. The lowest BCUT2D eigenvalue weighted by Crippen LogP contribution is -2.59. The molecule has 0 aromatic rings. The molecular formula is C17H32N2. The SMILES string of the molecule is CCC(C)C1CN(CC2(C3CC3)CC2)C(CC)CN1. The topological polar surface area (TPSA) is 15.3 Å². The van der Waals surface area contributed by atoms with Crippen LogP contribution in [0.2, 0.25) is 0 Å². The second-order valence-electron chi connectivity index (χ2n) is 7.53. The first-order chi connectivity index (χ1) is 9.18. The second kappa shape index (κ2) is 5.37. The fourth-order valence-electron chi connectivity index (χ4n) is 4.10. The molecule has 3 atom stereocenters. The van der Waals surface area contributed by atoms with Crippen LogP contribution in [0.4, 0.5) is 0 Å².